The van der Waals surface area contributed by atoms with Crippen LogP contribution in [0.3, 0.4) is 0 Å². The van der Waals surface area contributed by atoms with E-state index in [1.54, 1.807) is 7.11 Å². The summed E-state index contributed by atoms with van der Waals surface area (Å²) in [5, 5.41) is 8.67. The van der Waals surface area contributed by atoms with Crippen LogP contribution in [0.1, 0.15) is 12.0 Å². The molecule has 0 amide bonds. The third-order valence-corrected chi connectivity index (χ3v) is 2.37. The summed E-state index contributed by atoms with van der Waals surface area (Å²) in [4.78, 5) is 0. The quantitative estimate of drug-likeness (QED) is 0.581. The van der Waals surface area contributed by atoms with Crippen molar-refractivity contribution < 1.29 is 23.7 Å². The van der Waals surface area contributed by atoms with Gasteiger partial charge in [0.15, 0.2) is 0 Å². The van der Waals surface area contributed by atoms with E-state index in [-0.39, 0.29) is 12.4 Å². The topological polar surface area (TPSA) is 47.9 Å². The van der Waals surface area contributed by atoms with Crippen molar-refractivity contribution in [3.63, 3.8) is 0 Å². The zero-order valence-electron chi connectivity index (χ0n) is 11.5. The van der Waals surface area contributed by atoms with E-state index in [0.29, 0.717) is 44.2 Å². The molecule has 0 radical (unpaired) electrons. The van der Waals surface area contributed by atoms with Crippen LogP contribution in [0.5, 0.6) is 5.75 Å². The molecule has 0 aliphatic heterocycles. The van der Waals surface area contributed by atoms with Gasteiger partial charge in [0.1, 0.15) is 18.2 Å². The molecule has 0 aromatic heterocycles. The highest BCUT2D eigenvalue weighted by molar-refractivity contribution is 5.46. The summed E-state index contributed by atoms with van der Waals surface area (Å²) in [7, 11) is 1.62. The van der Waals surface area contributed by atoms with E-state index in [4.69, 9.17) is 19.3 Å². The maximum atomic E-state index is 13.1. The van der Waals surface area contributed by atoms with E-state index >= 15 is 0 Å². The zero-order valence-corrected chi connectivity index (χ0v) is 11.5. The lowest BCUT2D eigenvalue weighted by molar-refractivity contribution is 0.0644. The van der Waals surface area contributed by atoms with Gasteiger partial charge in [0, 0.05) is 20.1 Å². The van der Waals surface area contributed by atoms with Crippen LogP contribution in [-0.2, 0) is 9.47 Å². The van der Waals surface area contributed by atoms with Gasteiger partial charge in [-0.05, 0) is 18.2 Å². The van der Waals surface area contributed by atoms with Gasteiger partial charge in [0.25, 0.3) is 0 Å². The van der Waals surface area contributed by atoms with Crippen molar-refractivity contribution >= 4 is 0 Å². The Morgan fingerprint density at radius 3 is 2.80 bits per heavy atom. The molecule has 4 nitrogen and oxygen atoms in total. The van der Waals surface area contributed by atoms with Gasteiger partial charge in [-0.25, -0.2) is 4.39 Å². The number of hydrogen-bond acceptors (Lipinski definition) is 4. The molecule has 1 rings (SSSR count). The monoisotopic (exact) mass is 282 g/mol. The van der Waals surface area contributed by atoms with E-state index in [1.807, 2.05) is 0 Å². The molecule has 0 spiro atoms. The third kappa shape index (κ3) is 6.53. The Kier molecular flexibility index (Phi) is 8.40. The molecular weight excluding hydrogens is 263 g/mol. The fraction of sp³-hybridized carbons (Fsp3) is 0.467. The number of hydrogen-bond donors (Lipinski definition) is 1. The number of ether oxygens (including phenoxy) is 3. The van der Waals surface area contributed by atoms with Crippen LogP contribution < -0.4 is 4.74 Å². The van der Waals surface area contributed by atoms with E-state index in [0.717, 1.165) is 0 Å². The van der Waals surface area contributed by atoms with Crippen LogP contribution in [0.15, 0.2) is 18.2 Å². The predicted octanol–water partition coefficient (Wildman–Crippen LogP) is 1.60. The first kappa shape index (κ1) is 16.4. The molecular formula is C15H19FO4. The minimum Gasteiger partial charge on any atom is -0.492 e. The second-order valence-corrected chi connectivity index (χ2v) is 3.91. The van der Waals surface area contributed by atoms with Gasteiger partial charge in [-0.3, -0.25) is 0 Å². The molecule has 1 N–H and O–H groups in total. The molecule has 0 saturated heterocycles. The SMILES string of the molecule is COCCOCCCOc1ccc(F)cc1C#CCO. The molecule has 0 aliphatic carbocycles. The van der Waals surface area contributed by atoms with Crippen molar-refractivity contribution in [2.24, 2.45) is 0 Å². The highest BCUT2D eigenvalue weighted by atomic mass is 19.1. The normalized spacial score (nSPS) is 9.95. The van der Waals surface area contributed by atoms with Crippen molar-refractivity contribution in [2.45, 2.75) is 6.42 Å². The van der Waals surface area contributed by atoms with E-state index in [9.17, 15) is 4.39 Å². The molecule has 0 aliphatic rings. The summed E-state index contributed by atoms with van der Waals surface area (Å²) in [6, 6.07) is 4.13. The minimum atomic E-state index is -0.387. The Balaban J connectivity index is 2.39. The molecule has 5 heteroatoms. The van der Waals surface area contributed by atoms with Crippen molar-refractivity contribution in [3.05, 3.63) is 29.6 Å². The standard InChI is InChI=1S/C15H19FO4/c1-18-10-11-19-8-3-9-20-15-6-5-14(16)12-13(15)4-2-7-17/h5-6,12,17H,3,7-11H2,1H3. The Hall–Kier alpha value is -1.61. The second-order valence-electron chi connectivity index (χ2n) is 3.91. The average molecular weight is 282 g/mol. The number of methoxy groups -OCH3 is 1. The highest BCUT2D eigenvalue weighted by Crippen LogP contribution is 2.18. The van der Waals surface area contributed by atoms with Crippen molar-refractivity contribution in [3.8, 4) is 17.6 Å². The summed E-state index contributed by atoms with van der Waals surface area (Å²) in [5.41, 5.74) is 0.430. The van der Waals surface area contributed by atoms with Crippen molar-refractivity contribution in [1.29, 1.82) is 0 Å². The number of aliphatic hydroxyl groups excluding tert-OH is 1. The summed E-state index contributed by atoms with van der Waals surface area (Å²) in [6.07, 6.45) is 0.716. The van der Waals surface area contributed by atoms with Gasteiger partial charge < -0.3 is 19.3 Å². The first-order valence-electron chi connectivity index (χ1n) is 6.36. The molecule has 110 valence electrons. The van der Waals surface area contributed by atoms with E-state index in [2.05, 4.69) is 11.8 Å². The average Bonchev–Trinajstić information content (AvgIpc) is 2.45. The van der Waals surface area contributed by atoms with Crippen LogP contribution in [0, 0.1) is 17.7 Å². The maximum absolute atomic E-state index is 13.1. The molecule has 0 heterocycles. The fourth-order valence-corrected chi connectivity index (χ4v) is 1.45. The lowest BCUT2D eigenvalue weighted by atomic mass is 10.2. The molecule has 20 heavy (non-hydrogen) atoms. The predicted molar refractivity (Wildman–Crippen MR) is 73.2 cm³/mol. The van der Waals surface area contributed by atoms with Crippen molar-refractivity contribution in [2.75, 3.05) is 40.1 Å². The van der Waals surface area contributed by atoms with Crippen LogP contribution in [0.4, 0.5) is 4.39 Å². The summed E-state index contributed by atoms with van der Waals surface area (Å²) in [5.74, 6) is 5.25. The lowest BCUT2D eigenvalue weighted by Gasteiger charge is -2.08. The molecule has 0 unspecified atom stereocenters. The van der Waals surface area contributed by atoms with Gasteiger partial charge in [0.2, 0.25) is 0 Å². The Bertz CT molecular complexity index is 451. The Morgan fingerprint density at radius 2 is 2.05 bits per heavy atom. The molecule has 0 atom stereocenters. The van der Waals surface area contributed by atoms with Crippen molar-refractivity contribution in [1.82, 2.24) is 0 Å². The van der Waals surface area contributed by atoms with Gasteiger partial charge in [-0.15, -0.1) is 0 Å². The molecule has 0 bridgehead atoms. The van der Waals surface area contributed by atoms with Crippen LogP contribution in [-0.4, -0.2) is 45.3 Å². The van der Waals surface area contributed by atoms with Gasteiger partial charge >= 0.3 is 0 Å². The third-order valence-electron chi connectivity index (χ3n) is 2.37. The number of aliphatic hydroxyl groups is 1. The first-order chi connectivity index (χ1) is 9.77. The Labute approximate surface area is 118 Å². The van der Waals surface area contributed by atoms with E-state index < -0.39 is 0 Å². The smallest absolute Gasteiger partial charge is 0.135 e. The fourth-order valence-electron chi connectivity index (χ4n) is 1.45. The number of benzene rings is 1. The van der Waals surface area contributed by atoms with Gasteiger partial charge in [-0.2, -0.15) is 0 Å². The highest BCUT2D eigenvalue weighted by Gasteiger charge is 2.03. The zero-order chi connectivity index (χ0) is 14.6. The van der Waals surface area contributed by atoms with Gasteiger partial charge in [-0.1, -0.05) is 11.8 Å². The minimum absolute atomic E-state index is 0.275. The summed E-state index contributed by atoms with van der Waals surface area (Å²) in [6.45, 7) is 1.87. The molecule has 0 saturated carbocycles. The van der Waals surface area contributed by atoms with Crippen LogP contribution >= 0.6 is 0 Å². The number of rotatable bonds is 8. The largest absolute Gasteiger partial charge is 0.492 e. The molecule has 0 fully saturated rings. The Morgan fingerprint density at radius 1 is 1.20 bits per heavy atom. The second kappa shape index (κ2) is 10.2. The first-order valence-corrected chi connectivity index (χ1v) is 6.36. The van der Waals surface area contributed by atoms with Gasteiger partial charge in [0.05, 0.1) is 25.4 Å². The maximum Gasteiger partial charge on any atom is 0.135 e. The number of halogens is 1. The molecule has 1 aromatic rings. The van der Waals surface area contributed by atoms with E-state index in [1.165, 1.54) is 18.2 Å². The van der Waals surface area contributed by atoms with Crippen LogP contribution in [0.2, 0.25) is 0 Å². The lowest BCUT2D eigenvalue weighted by Crippen LogP contribution is -2.07. The molecule has 1 aromatic carbocycles. The summed E-state index contributed by atoms with van der Waals surface area (Å²) >= 11 is 0. The van der Waals surface area contributed by atoms with Crippen LogP contribution in [0.25, 0.3) is 0 Å². The summed E-state index contributed by atoms with van der Waals surface area (Å²) < 4.78 is 28.8.